The van der Waals surface area contributed by atoms with Crippen molar-refractivity contribution in [3.63, 3.8) is 0 Å². The van der Waals surface area contributed by atoms with E-state index in [2.05, 4.69) is 26.1 Å². The van der Waals surface area contributed by atoms with Crippen LogP contribution in [0.2, 0.25) is 5.02 Å². The number of rotatable bonds is 2. The van der Waals surface area contributed by atoms with Crippen molar-refractivity contribution in [1.29, 1.82) is 0 Å². The summed E-state index contributed by atoms with van der Waals surface area (Å²) < 4.78 is 5.77. The Morgan fingerprint density at radius 1 is 1.47 bits per heavy atom. The lowest BCUT2D eigenvalue weighted by Gasteiger charge is -1.98. The monoisotopic (exact) mass is 287 g/mol. The highest BCUT2D eigenvalue weighted by atomic mass is 79.9. The van der Waals surface area contributed by atoms with Gasteiger partial charge in [-0.25, -0.2) is 0 Å². The number of nitrogens with zero attached hydrogens (tertiary/aromatic N) is 2. The van der Waals surface area contributed by atoms with E-state index in [-0.39, 0.29) is 6.54 Å². The molecule has 1 aromatic heterocycles. The highest BCUT2D eigenvalue weighted by Gasteiger charge is 2.10. The Labute approximate surface area is 99.5 Å². The van der Waals surface area contributed by atoms with Gasteiger partial charge in [0.25, 0.3) is 0 Å². The van der Waals surface area contributed by atoms with E-state index in [1.54, 1.807) is 12.1 Å². The van der Waals surface area contributed by atoms with E-state index >= 15 is 0 Å². The van der Waals surface area contributed by atoms with Crippen LogP contribution in [0.1, 0.15) is 5.89 Å². The molecule has 0 saturated heterocycles. The Morgan fingerprint density at radius 3 is 2.93 bits per heavy atom. The Balaban J connectivity index is 2.48. The molecule has 15 heavy (non-hydrogen) atoms. The van der Waals surface area contributed by atoms with Crippen molar-refractivity contribution in [3.8, 4) is 11.4 Å². The topological polar surface area (TPSA) is 64.9 Å². The molecule has 0 unspecified atom stereocenters. The summed E-state index contributed by atoms with van der Waals surface area (Å²) in [6, 6.07) is 5.37. The van der Waals surface area contributed by atoms with E-state index in [9.17, 15) is 0 Å². The lowest BCUT2D eigenvalue weighted by Crippen LogP contribution is -1.95. The van der Waals surface area contributed by atoms with Gasteiger partial charge in [-0.1, -0.05) is 32.7 Å². The molecule has 6 heteroatoms. The first kappa shape index (κ1) is 10.6. The van der Waals surface area contributed by atoms with Crippen LogP contribution in [-0.4, -0.2) is 10.1 Å². The third kappa shape index (κ3) is 2.19. The zero-order valence-corrected chi connectivity index (χ0v) is 9.92. The van der Waals surface area contributed by atoms with Crippen LogP contribution in [0.4, 0.5) is 0 Å². The first-order valence-corrected chi connectivity index (χ1v) is 5.36. The molecule has 1 aromatic carbocycles. The zero-order chi connectivity index (χ0) is 10.8. The average Bonchev–Trinajstić information content (AvgIpc) is 2.70. The van der Waals surface area contributed by atoms with Gasteiger partial charge in [-0.15, -0.1) is 0 Å². The number of benzene rings is 1. The van der Waals surface area contributed by atoms with Crippen molar-refractivity contribution in [2.75, 3.05) is 0 Å². The molecule has 0 spiro atoms. The summed E-state index contributed by atoms with van der Waals surface area (Å²) in [5.41, 5.74) is 6.16. The molecule has 0 fully saturated rings. The van der Waals surface area contributed by atoms with Crippen LogP contribution in [0.15, 0.2) is 27.2 Å². The summed E-state index contributed by atoms with van der Waals surface area (Å²) in [6.07, 6.45) is 0. The minimum absolute atomic E-state index is 0.227. The number of aromatic nitrogens is 2. The summed E-state index contributed by atoms with van der Waals surface area (Å²) in [7, 11) is 0. The SMILES string of the molecule is NCc1nc(-c2cc(Cl)ccc2Br)no1. The van der Waals surface area contributed by atoms with E-state index in [0.29, 0.717) is 16.7 Å². The molecule has 78 valence electrons. The van der Waals surface area contributed by atoms with Gasteiger partial charge in [0.15, 0.2) is 0 Å². The molecule has 0 saturated carbocycles. The first-order chi connectivity index (χ1) is 7.20. The summed E-state index contributed by atoms with van der Waals surface area (Å²) in [4.78, 5) is 4.11. The van der Waals surface area contributed by atoms with Crippen LogP contribution >= 0.6 is 27.5 Å². The summed E-state index contributed by atoms with van der Waals surface area (Å²) in [5.74, 6) is 0.877. The maximum atomic E-state index is 5.88. The van der Waals surface area contributed by atoms with Gasteiger partial charge in [0.05, 0.1) is 6.54 Å². The van der Waals surface area contributed by atoms with Gasteiger partial charge in [-0.2, -0.15) is 4.98 Å². The maximum absolute atomic E-state index is 5.88. The largest absolute Gasteiger partial charge is 0.338 e. The highest BCUT2D eigenvalue weighted by molar-refractivity contribution is 9.10. The van der Waals surface area contributed by atoms with Crippen LogP contribution in [-0.2, 0) is 6.54 Å². The van der Waals surface area contributed by atoms with Gasteiger partial charge >= 0.3 is 0 Å². The van der Waals surface area contributed by atoms with Gasteiger partial charge in [0, 0.05) is 15.1 Å². The van der Waals surface area contributed by atoms with Gasteiger partial charge in [-0.05, 0) is 18.2 Å². The summed E-state index contributed by atoms with van der Waals surface area (Å²) in [6.45, 7) is 0.227. The molecular weight excluding hydrogens is 281 g/mol. The molecular formula is C9H7BrClN3O. The predicted octanol–water partition coefficient (Wildman–Crippen LogP) is 2.61. The number of hydrogen-bond acceptors (Lipinski definition) is 4. The van der Waals surface area contributed by atoms with Crippen molar-refractivity contribution >= 4 is 27.5 Å². The Bertz CT molecular complexity index is 486. The van der Waals surface area contributed by atoms with Crippen LogP contribution in [0, 0.1) is 0 Å². The van der Waals surface area contributed by atoms with E-state index in [0.717, 1.165) is 10.0 Å². The lowest BCUT2D eigenvalue weighted by atomic mass is 10.2. The van der Waals surface area contributed by atoms with Crippen molar-refractivity contribution in [2.24, 2.45) is 5.73 Å². The minimum atomic E-state index is 0.227. The average molecular weight is 289 g/mol. The Hall–Kier alpha value is -0.910. The minimum Gasteiger partial charge on any atom is -0.338 e. The molecule has 0 aliphatic heterocycles. The molecule has 0 bridgehead atoms. The van der Waals surface area contributed by atoms with Crippen LogP contribution < -0.4 is 5.73 Å². The van der Waals surface area contributed by atoms with Crippen LogP contribution in [0.3, 0.4) is 0 Å². The predicted molar refractivity (Wildman–Crippen MR) is 60.3 cm³/mol. The van der Waals surface area contributed by atoms with Gasteiger partial charge in [-0.3, -0.25) is 0 Å². The number of nitrogens with two attached hydrogens (primary N) is 1. The molecule has 4 nitrogen and oxygen atoms in total. The molecule has 2 aromatic rings. The van der Waals surface area contributed by atoms with Crippen molar-refractivity contribution in [1.82, 2.24) is 10.1 Å². The maximum Gasteiger partial charge on any atom is 0.240 e. The van der Waals surface area contributed by atoms with Crippen LogP contribution in [0.25, 0.3) is 11.4 Å². The fourth-order valence-corrected chi connectivity index (χ4v) is 1.71. The van der Waals surface area contributed by atoms with Gasteiger partial charge < -0.3 is 10.3 Å². The van der Waals surface area contributed by atoms with E-state index in [4.69, 9.17) is 21.9 Å². The Kier molecular flexibility index (Phi) is 3.04. The smallest absolute Gasteiger partial charge is 0.240 e. The van der Waals surface area contributed by atoms with Crippen LogP contribution in [0.5, 0.6) is 0 Å². The van der Waals surface area contributed by atoms with E-state index in [1.165, 1.54) is 0 Å². The quantitative estimate of drug-likeness (QED) is 0.922. The third-order valence-electron chi connectivity index (χ3n) is 1.81. The normalized spacial score (nSPS) is 10.6. The van der Waals surface area contributed by atoms with Crippen molar-refractivity contribution in [3.05, 3.63) is 33.6 Å². The van der Waals surface area contributed by atoms with Crippen molar-refractivity contribution < 1.29 is 4.52 Å². The second-order valence-electron chi connectivity index (χ2n) is 2.84. The molecule has 0 amide bonds. The molecule has 0 aliphatic carbocycles. The highest BCUT2D eigenvalue weighted by Crippen LogP contribution is 2.28. The molecule has 0 aliphatic rings. The zero-order valence-electron chi connectivity index (χ0n) is 7.58. The van der Waals surface area contributed by atoms with Gasteiger partial charge in [0.1, 0.15) is 0 Å². The first-order valence-electron chi connectivity index (χ1n) is 4.19. The molecule has 2 rings (SSSR count). The number of halogens is 2. The summed E-state index contributed by atoms with van der Waals surface area (Å²) in [5, 5.41) is 4.42. The second-order valence-corrected chi connectivity index (χ2v) is 4.13. The fraction of sp³-hybridized carbons (Fsp3) is 0.111. The van der Waals surface area contributed by atoms with Gasteiger partial charge in [0.2, 0.25) is 11.7 Å². The summed E-state index contributed by atoms with van der Waals surface area (Å²) >= 11 is 9.26. The molecule has 0 radical (unpaired) electrons. The van der Waals surface area contributed by atoms with E-state index < -0.39 is 0 Å². The Morgan fingerprint density at radius 2 is 2.27 bits per heavy atom. The second kappa shape index (κ2) is 4.30. The molecule has 0 atom stereocenters. The standard InChI is InChI=1S/C9H7BrClN3O/c10-7-2-1-5(11)3-6(7)9-13-8(4-12)15-14-9/h1-3H,4,12H2. The molecule has 2 N–H and O–H groups in total. The lowest BCUT2D eigenvalue weighted by molar-refractivity contribution is 0.380. The number of hydrogen-bond donors (Lipinski definition) is 1. The fourth-order valence-electron chi connectivity index (χ4n) is 1.12. The third-order valence-corrected chi connectivity index (χ3v) is 2.74. The van der Waals surface area contributed by atoms with E-state index in [1.807, 2.05) is 6.07 Å². The molecule has 1 heterocycles. The van der Waals surface area contributed by atoms with Crippen molar-refractivity contribution in [2.45, 2.75) is 6.54 Å².